The number of aryl methyl sites for hydroxylation is 1. The Labute approximate surface area is 207 Å². The lowest BCUT2D eigenvalue weighted by atomic mass is 10.0. The van der Waals surface area contributed by atoms with Gasteiger partial charge in [0.1, 0.15) is 11.6 Å². The van der Waals surface area contributed by atoms with E-state index in [2.05, 4.69) is 44.4 Å². The van der Waals surface area contributed by atoms with Crippen molar-refractivity contribution in [3.8, 4) is 6.01 Å². The van der Waals surface area contributed by atoms with Crippen LogP contribution in [0.1, 0.15) is 37.0 Å². The fourth-order valence-corrected chi connectivity index (χ4v) is 4.95. The Morgan fingerprint density at radius 3 is 2.69 bits per heavy atom. The first kappa shape index (κ1) is 22.7. The lowest BCUT2D eigenvalue weighted by Gasteiger charge is -2.38. The number of rotatable bonds is 5. The summed E-state index contributed by atoms with van der Waals surface area (Å²) >= 11 is 0. The first-order valence-electron chi connectivity index (χ1n) is 12.3. The lowest BCUT2D eigenvalue weighted by molar-refractivity contribution is 0.102. The molecule has 0 spiro atoms. The Hall–Kier alpha value is -3.79. The summed E-state index contributed by atoms with van der Waals surface area (Å²) in [6.07, 6.45) is 5.54. The van der Waals surface area contributed by atoms with Crippen LogP contribution in [0.3, 0.4) is 0 Å². The zero-order valence-corrected chi connectivity index (χ0v) is 20.5. The van der Waals surface area contributed by atoms with Crippen molar-refractivity contribution in [3.63, 3.8) is 0 Å². The maximum absolute atomic E-state index is 14.6. The van der Waals surface area contributed by atoms with Gasteiger partial charge >= 0.3 is 6.01 Å². The monoisotopic (exact) mass is 489 g/mol. The van der Waals surface area contributed by atoms with Gasteiger partial charge in [-0.2, -0.15) is 10.1 Å². The number of ether oxygens (including phenoxy) is 1. The molecule has 186 valence electrons. The molecule has 2 fully saturated rings. The van der Waals surface area contributed by atoms with Crippen LogP contribution in [0.2, 0.25) is 0 Å². The second-order valence-electron chi connectivity index (χ2n) is 9.89. The molecule has 1 amide bonds. The van der Waals surface area contributed by atoms with E-state index in [1.54, 1.807) is 36.3 Å². The van der Waals surface area contributed by atoms with Crippen molar-refractivity contribution in [1.29, 1.82) is 0 Å². The minimum absolute atomic E-state index is 0.131. The smallest absolute Gasteiger partial charge is 0.317 e. The number of carbonyl (C=O) groups excluding carboxylic acids is 1. The van der Waals surface area contributed by atoms with Crippen LogP contribution in [-0.2, 0) is 7.05 Å². The number of halogens is 1. The van der Waals surface area contributed by atoms with Gasteiger partial charge in [-0.25, -0.2) is 9.37 Å². The van der Waals surface area contributed by atoms with Crippen LogP contribution in [0.4, 0.5) is 15.8 Å². The van der Waals surface area contributed by atoms with Crippen molar-refractivity contribution in [1.82, 2.24) is 25.1 Å². The van der Waals surface area contributed by atoms with E-state index in [0.717, 1.165) is 37.0 Å². The number of nitrogens with zero attached hydrogens (tertiary/aromatic N) is 5. The number of aromatic nitrogens is 4. The molecule has 10 heteroatoms. The molecule has 2 aliphatic rings. The van der Waals surface area contributed by atoms with Gasteiger partial charge in [-0.05, 0) is 51.0 Å². The van der Waals surface area contributed by atoms with Crippen LogP contribution < -0.4 is 20.3 Å². The van der Waals surface area contributed by atoms with E-state index >= 15 is 0 Å². The van der Waals surface area contributed by atoms with Crippen molar-refractivity contribution in [2.45, 2.75) is 44.9 Å². The van der Waals surface area contributed by atoms with E-state index in [9.17, 15) is 9.18 Å². The fourth-order valence-electron chi connectivity index (χ4n) is 4.95. The topological polar surface area (TPSA) is 97.2 Å². The molecule has 2 aromatic heterocycles. The van der Waals surface area contributed by atoms with Crippen LogP contribution >= 0.6 is 0 Å². The molecule has 6 rings (SSSR count). The normalized spacial score (nSPS) is 20.2. The number of amides is 1. The van der Waals surface area contributed by atoms with Gasteiger partial charge in [-0.1, -0.05) is 0 Å². The molecule has 1 aliphatic carbocycles. The molecule has 36 heavy (non-hydrogen) atoms. The van der Waals surface area contributed by atoms with E-state index in [0.29, 0.717) is 34.2 Å². The summed E-state index contributed by atoms with van der Waals surface area (Å²) in [5.41, 5.74) is 2.47. The van der Waals surface area contributed by atoms with Crippen LogP contribution in [0, 0.1) is 5.82 Å². The highest BCUT2D eigenvalue weighted by Gasteiger charge is 2.27. The summed E-state index contributed by atoms with van der Waals surface area (Å²) in [6.45, 7) is 5.97. The van der Waals surface area contributed by atoms with Gasteiger partial charge in [0, 0.05) is 66.8 Å². The lowest BCUT2D eigenvalue weighted by Crippen LogP contribution is -2.54. The van der Waals surface area contributed by atoms with Crippen LogP contribution in [0.15, 0.2) is 36.7 Å². The third-order valence-corrected chi connectivity index (χ3v) is 6.58. The Kier molecular flexibility index (Phi) is 5.48. The van der Waals surface area contributed by atoms with Crippen molar-refractivity contribution in [3.05, 3.63) is 48.0 Å². The Balaban J connectivity index is 1.39. The number of piperazine rings is 1. The second-order valence-corrected chi connectivity index (χ2v) is 9.89. The van der Waals surface area contributed by atoms with Crippen LogP contribution in [0.25, 0.3) is 21.8 Å². The average molecular weight is 490 g/mol. The maximum atomic E-state index is 14.6. The molecule has 3 heterocycles. The predicted octanol–water partition coefficient (Wildman–Crippen LogP) is 3.64. The first-order valence-corrected chi connectivity index (χ1v) is 12.3. The van der Waals surface area contributed by atoms with Crippen molar-refractivity contribution >= 4 is 39.1 Å². The quantitative estimate of drug-likeness (QED) is 0.442. The third-order valence-electron chi connectivity index (χ3n) is 6.58. The second kappa shape index (κ2) is 8.70. The van der Waals surface area contributed by atoms with E-state index in [-0.39, 0.29) is 23.5 Å². The molecule has 0 bridgehead atoms. The van der Waals surface area contributed by atoms with Crippen molar-refractivity contribution in [2.75, 3.05) is 23.3 Å². The van der Waals surface area contributed by atoms with E-state index in [4.69, 9.17) is 4.74 Å². The maximum Gasteiger partial charge on any atom is 0.317 e. The molecule has 1 saturated heterocycles. The predicted molar refractivity (Wildman–Crippen MR) is 136 cm³/mol. The van der Waals surface area contributed by atoms with Crippen LogP contribution in [0.5, 0.6) is 6.01 Å². The van der Waals surface area contributed by atoms with Crippen molar-refractivity contribution in [2.24, 2.45) is 7.05 Å². The van der Waals surface area contributed by atoms with Gasteiger partial charge in [0.2, 0.25) is 0 Å². The molecule has 9 nitrogen and oxygen atoms in total. The summed E-state index contributed by atoms with van der Waals surface area (Å²) < 4.78 is 22.0. The number of hydrogen-bond donors (Lipinski definition) is 2. The molecule has 2 aromatic carbocycles. The molecule has 1 saturated carbocycles. The largest absolute Gasteiger partial charge is 0.460 e. The number of fused-ring (bicyclic) bond motifs is 2. The standard InChI is InChI=1S/C26H28FN7O2/c1-14-11-34(12-15(2)29-14)22-7-6-19(24-20(22)10-28-26(31-24)36-18-4-5-18)25(35)30-17-8-16-13-33(3)32-23(16)21(27)9-17/h6-10,13-15,18,29H,4-5,11-12H2,1-3H3,(H,30,35)/t14-,15+. The average Bonchev–Trinajstić information content (AvgIpc) is 3.55. The third kappa shape index (κ3) is 4.32. The number of benzene rings is 2. The summed E-state index contributed by atoms with van der Waals surface area (Å²) in [4.78, 5) is 24.8. The molecule has 2 N–H and O–H groups in total. The zero-order valence-electron chi connectivity index (χ0n) is 20.5. The molecular formula is C26H28FN7O2. The van der Waals surface area contributed by atoms with Gasteiger partial charge in [0.25, 0.3) is 5.91 Å². The Bertz CT molecular complexity index is 1470. The van der Waals surface area contributed by atoms with E-state index in [1.807, 2.05) is 6.07 Å². The fraction of sp³-hybridized carbons (Fsp3) is 0.385. The molecule has 2 atom stereocenters. The minimum Gasteiger partial charge on any atom is -0.460 e. The molecule has 0 unspecified atom stereocenters. The Morgan fingerprint density at radius 2 is 1.94 bits per heavy atom. The minimum atomic E-state index is -0.493. The highest BCUT2D eigenvalue weighted by Crippen LogP contribution is 2.32. The van der Waals surface area contributed by atoms with Crippen molar-refractivity contribution < 1.29 is 13.9 Å². The summed E-state index contributed by atoms with van der Waals surface area (Å²) in [5.74, 6) is -0.875. The van der Waals surface area contributed by atoms with Gasteiger partial charge < -0.3 is 20.3 Å². The molecule has 0 radical (unpaired) electrons. The number of carbonyl (C=O) groups is 1. The zero-order chi connectivity index (χ0) is 25.0. The van der Waals surface area contributed by atoms with Crippen LogP contribution in [-0.4, -0.2) is 56.9 Å². The van der Waals surface area contributed by atoms with Gasteiger partial charge in [0.15, 0.2) is 5.82 Å². The summed E-state index contributed by atoms with van der Waals surface area (Å²) in [7, 11) is 1.73. The van der Waals surface area contributed by atoms with E-state index in [1.165, 1.54) is 6.07 Å². The van der Waals surface area contributed by atoms with E-state index < -0.39 is 5.82 Å². The first-order chi connectivity index (χ1) is 17.3. The number of hydrogen-bond acceptors (Lipinski definition) is 7. The van der Waals surface area contributed by atoms with Gasteiger partial charge in [-0.15, -0.1) is 0 Å². The van der Waals surface area contributed by atoms with Gasteiger partial charge in [-0.3, -0.25) is 9.48 Å². The highest BCUT2D eigenvalue weighted by atomic mass is 19.1. The highest BCUT2D eigenvalue weighted by molar-refractivity contribution is 6.14. The number of anilines is 2. The molecule has 4 aromatic rings. The summed E-state index contributed by atoms with van der Waals surface area (Å²) in [5, 5.41) is 11.9. The number of nitrogens with one attached hydrogen (secondary N) is 2. The molecule has 1 aliphatic heterocycles. The Morgan fingerprint density at radius 1 is 1.17 bits per heavy atom. The SMILES string of the molecule is C[C@@H]1CN(c2ccc(C(=O)Nc3cc(F)c4nn(C)cc4c3)c3nc(OC4CC4)ncc23)C[C@H](C)N1. The molecular weight excluding hydrogens is 461 g/mol. The van der Waals surface area contributed by atoms with Gasteiger partial charge in [0.05, 0.1) is 11.1 Å². The summed E-state index contributed by atoms with van der Waals surface area (Å²) in [6, 6.07) is 7.62.